The number of nitrogens with two attached hydrogens (primary N) is 1. The molecule has 0 heterocycles. The van der Waals surface area contributed by atoms with Crippen LogP contribution in [-0.4, -0.2) is 31.7 Å². The van der Waals surface area contributed by atoms with Crippen molar-refractivity contribution < 1.29 is 9.63 Å². The Bertz CT molecular complexity index is 135. The van der Waals surface area contributed by atoms with Crippen molar-refractivity contribution in [3.05, 3.63) is 0 Å². The first-order valence-electron chi connectivity index (χ1n) is 4.16. The van der Waals surface area contributed by atoms with Crippen LogP contribution in [0, 0.1) is 5.92 Å². The van der Waals surface area contributed by atoms with E-state index in [4.69, 9.17) is 10.6 Å². The molecule has 4 nitrogen and oxygen atoms in total. The van der Waals surface area contributed by atoms with Crippen LogP contribution in [0.25, 0.3) is 0 Å². The number of hydroxylamine groups is 2. The molecule has 0 aromatic heterocycles. The highest BCUT2D eigenvalue weighted by atomic mass is 16.7. The molecule has 0 spiro atoms. The van der Waals surface area contributed by atoms with Gasteiger partial charge in [0.2, 0.25) is 5.91 Å². The van der Waals surface area contributed by atoms with Crippen molar-refractivity contribution in [2.24, 2.45) is 11.7 Å². The van der Waals surface area contributed by atoms with Gasteiger partial charge < -0.3 is 5.73 Å². The molecular formula is C8H18N2O2. The molecule has 1 unspecified atom stereocenters. The lowest BCUT2D eigenvalue weighted by Crippen LogP contribution is -2.29. The van der Waals surface area contributed by atoms with Crippen LogP contribution in [0.4, 0.5) is 0 Å². The van der Waals surface area contributed by atoms with Crippen molar-refractivity contribution in [2.75, 3.05) is 20.7 Å². The van der Waals surface area contributed by atoms with Gasteiger partial charge in [0.05, 0.1) is 7.11 Å². The predicted octanol–water partition coefficient (Wildman–Crippen LogP) is 0.381. The van der Waals surface area contributed by atoms with Gasteiger partial charge in [-0.15, -0.1) is 0 Å². The summed E-state index contributed by atoms with van der Waals surface area (Å²) in [6, 6.07) is 0. The molecule has 0 saturated heterocycles. The van der Waals surface area contributed by atoms with Crippen LogP contribution in [0.2, 0.25) is 0 Å². The largest absolute Gasteiger partial charge is 0.330 e. The summed E-state index contributed by atoms with van der Waals surface area (Å²) in [5.74, 6) is 0.255. The minimum absolute atomic E-state index is 0.0187. The summed E-state index contributed by atoms with van der Waals surface area (Å²) in [6.45, 7) is 2.58. The van der Waals surface area contributed by atoms with Crippen LogP contribution in [-0.2, 0) is 9.63 Å². The highest BCUT2D eigenvalue weighted by Gasteiger charge is 2.13. The third-order valence-corrected chi connectivity index (χ3v) is 2.00. The van der Waals surface area contributed by atoms with Gasteiger partial charge in [0.1, 0.15) is 0 Å². The van der Waals surface area contributed by atoms with Gasteiger partial charge in [-0.25, -0.2) is 5.06 Å². The quantitative estimate of drug-likeness (QED) is 0.613. The van der Waals surface area contributed by atoms with Gasteiger partial charge in [0.15, 0.2) is 0 Å². The zero-order valence-electron chi connectivity index (χ0n) is 8.04. The van der Waals surface area contributed by atoms with Crippen molar-refractivity contribution >= 4 is 5.91 Å². The summed E-state index contributed by atoms with van der Waals surface area (Å²) < 4.78 is 0. The molecule has 72 valence electrons. The Morgan fingerprint density at radius 1 is 1.67 bits per heavy atom. The predicted molar refractivity (Wildman–Crippen MR) is 47.2 cm³/mol. The summed E-state index contributed by atoms with van der Waals surface area (Å²) >= 11 is 0. The van der Waals surface area contributed by atoms with E-state index in [2.05, 4.69) is 0 Å². The van der Waals surface area contributed by atoms with Crippen molar-refractivity contribution in [3.8, 4) is 0 Å². The smallest absolute Gasteiger partial charge is 0.246 e. The molecule has 0 saturated carbocycles. The van der Waals surface area contributed by atoms with E-state index in [1.54, 1.807) is 7.05 Å². The Balaban J connectivity index is 3.81. The van der Waals surface area contributed by atoms with E-state index in [0.717, 1.165) is 6.42 Å². The van der Waals surface area contributed by atoms with Crippen molar-refractivity contribution in [1.29, 1.82) is 0 Å². The summed E-state index contributed by atoms with van der Waals surface area (Å²) in [5, 5.41) is 1.23. The van der Waals surface area contributed by atoms with Gasteiger partial charge in [-0.3, -0.25) is 9.63 Å². The van der Waals surface area contributed by atoms with Crippen molar-refractivity contribution in [3.63, 3.8) is 0 Å². The molecule has 0 radical (unpaired) electrons. The van der Waals surface area contributed by atoms with E-state index >= 15 is 0 Å². The monoisotopic (exact) mass is 174 g/mol. The normalized spacial score (nSPS) is 12.7. The van der Waals surface area contributed by atoms with Crippen LogP contribution in [0.5, 0.6) is 0 Å². The molecule has 0 aliphatic rings. The maximum atomic E-state index is 11.2. The van der Waals surface area contributed by atoms with Crippen LogP contribution >= 0.6 is 0 Å². The lowest BCUT2D eigenvalue weighted by molar-refractivity contribution is -0.169. The minimum atomic E-state index is -0.0187. The van der Waals surface area contributed by atoms with Crippen molar-refractivity contribution in [2.45, 2.75) is 19.8 Å². The fourth-order valence-electron chi connectivity index (χ4n) is 0.872. The summed E-state index contributed by atoms with van der Waals surface area (Å²) in [7, 11) is 3.08. The molecule has 2 N–H and O–H groups in total. The zero-order chi connectivity index (χ0) is 9.56. The van der Waals surface area contributed by atoms with Crippen LogP contribution < -0.4 is 5.73 Å². The topological polar surface area (TPSA) is 55.6 Å². The third-order valence-electron chi connectivity index (χ3n) is 2.00. The second kappa shape index (κ2) is 5.97. The Morgan fingerprint density at radius 3 is 2.58 bits per heavy atom. The Hall–Kier alpha value is -0.610. The fraction of sp³-hybridized carbons (Fsp3) is 0.875. The fourth-order valence-corrected chi connectivity index (χ4v) is 0.872. The Morgan fingerprint density at radius 2 is 2.25 bits per heavy atom. The molecule has 12 heavy (non-hydrogen) atoms. The number of carbonyl (C=O) groups is 1. The van der Waals surface area contributed by atoms with Gasteiger partial charge in [0, 0.05) is 13.5 Å². The summed E-state index contributed by atoms with van der Waals surface area (Å²) in [4.78, 5) is 16.0. The molecule has 0 fully saturated rings. The standard InChI is InChI=1S/C8H18N2O2/c1-4-7(6-9)5-8(11)10(2)12-3/h7H,4-6,9H2,1-3H3. The number of carbonyl (C=O) groups excluding carboxylic acids is 1. The number of amides is 1. The zero-order valence-corrected chi connectivity index (χ0v) is 8.04. The van der Waals surface area contributed by atoms with Gasteiger partial charge >= 0.3 is 0 Å². The van der Waals surface area contributed by atoms with Crippen LogP contribution in [0.3, 0.4) is 0 Å². The van der Waals surface area contributed by atoms with Crippen LogP contribution in [0.15, 0.2) is 0 Å². The lowest BCUT2D eigenvalue weighted by atomic mass is 10.0. The molecule has 0 aliphatic heterocycles. The molecule has 0 aromatic carbocycles. The maximum Gasteiger partial charge on any atom is 0.246 e. The average Bonchev–Trinajstić information content (AvgIpc) is 2.12. The number of nitrogens with zero attached hydrogens (tertiary/aromatic N) is 1. The number of hydrogen-bond donors (Lipinski definition) is 1. The summed E-state index contributed by atoms with van der Waals surface area (Å²) in [5.41, 5.74) is 5.46. The Labute approximate surface area is 73.6 Å². The van der Waals surface area contributed by atoms with Crippen molar-refractivity contribution in [1.82, 2.24) is 5.06 Å². The van der Waals surface area contributed by atoms with E-state index in [1.807, 2.05) is 6.92 Å². The van der Waals surface area contributed by atoms with E-state index in [9.17, 15) is 4.79 Å². The third kappa shape index (κ3) is 3.69. The summed E-state index contributed by atoms with van der Waals surface area (Å²) in [6.07, 6.45) is 1.40. The lowest BCUT2D eigenvalue weighted by Gasteiger charge is -2.17. The molecule has 0 rings (SSSR count). The maximum absolute atomic E-state index is 11.2. The minimum Gasteiger partial charge on any atom is -0.330 e. The van der Waals surface area contributed by atoms with E-state index in [0.29, 0.717) is 13.0 Å². The van der Waals surface area contributed by atoms with Gasteiger partial charge in [-0.1, -0.05) is 13.3 Å². The first kappa shape index (κ1) is 11.4. The molecule has 0 aromatic rings. The first-order chi connectivity index (χ1) is 5.65. The van der Waals surface area contributed by atoms with Gasteiger partial charge in [-0.05, 0) is 12.5 Å². The van der Waals surface area contributed by atoms with E-state index < -0.39 is 0 Å². The first-order valence-corrected chi connectivity index (χ1v) is 4.16. The molecule has 0 bridgehead atoms. The molecule has 1 amide bonds. The molecule has 4 heteroatoms. The average molecular weight is 174 g/mol. The van der Waals surface area contributed by atoms with E-state index in [1.165, 1.54) is 12.2 Å². The highest BCUT2D eigenvalue weighted by molar-refractivity contribution is 5.75. The Kier molecular flexibility index (Phi) is 5.66. The SMILES string of the molecule is CCC(CN)CC(=O)N(C)OC. The molecular weight excluding hydrogens is 156 g/mol. The van der Waals surface area contributed by atoms with Crippen LogP contribution in [0.1, 0.15) is 19.8 Å². The van der Waals surface area contributed by atoms with E-state index in [-0.39, 0.29) is 11.8 Å². The molecule has 0 aliphatic carbocycles. The van der Waals surface area contributed by atoms with Gasteiger partial charge in [0.25, 0.3) is 0 Å². The number of hydrogen-bond acceptors (Lipinski definition) is 3. The second-order valence-corrected chi connectivity index (χ2v) is 2.79. The molecule has 1 atom stereocenters. The van der Waals surface area contributed by atoms with Gasteiger partial charge in [-0.2, -0.15) is 0 Å². The highest BCUT2D eigenvalue weighted by Crippen LogP contribution is 2.07. The number of rotatable bonds is 5. The second-order valence-electron chi connectivity index (χ2n) is 2.79.